The maximum atomic E-state index is 13.7. The summed E-state index contributed by atoms with van der Waals surface area (Å²) < 4.78 is 27.0. The molecule has 0 radical (unpaired) electrons. The summed E-state index contributed by atoms with van der Waals surface area (Å²) >= 11 is 3.10. The molecule has 0 aliphatic rings. The van der Waals surface area contributed by atoms with Crippen LogP contribution in [0.3, 0.4) is 0 Å². The lowest BCUT2D eigenvalue weighted by Crippen LogP contribution is -1.99. The predicted molar refractivity (Wildman–Crippen MR) is 73.2 cm³/mol. The van der Waals surface area contributed by atoms with E-state index in [1.165, 1.54) is 0 Å². The van der Waals surface area contributed by atoms with E-state index < -0.39 is 11.6 Å². The largest absolute Gasteiger partial charge is 0.351 e. The molecule has 0 unspecified atom stereocenters. The predicted octanol–water partition coefficient (Wildman–Crippen LogP) is 4.65. The van der Waals surface area contributed by atoms with Gasteiger partial charge in [-0.2, -0.15) is 5.26 Å². The highest BCUT2D eigenvalue weighted by molar-refractivity contribution is 9.10. The van der Waals surface area contributed by atoms with Gasteiger partial charge in [0.25, 0.3) is 0 Å². The van der Waals surface area contributed by atoms with Crippen LogP contribution < -0.4 is 5.32 Å². The van der Waals surface area contributed by atoms with E-state index in [1.807, 2.05) is 13.0 Å². The van der Waals surface area contributed by atoms with Crippen LogP contribution in [0.2, 0.25) is 0 Å². The molecule has 96 valence electrons. The smallest absolute Gasteiger partial charge is 0.150 e. The second-order valence-electron chi connectivity index (χ2n) is 4.03. The number of nitrogens with zero attached hydrogens (tertiary/aromatic N) is 1. The van der Waals surface area contributed by atoms with E-state index in [1.54, 1.807) is 18.2 Å². The summed E-state index contributed by atoms with van der Waals surface area (Å²) in [7, 11) is 0. The number of nitrogens with one attached hydrogen (secondary N) is 1. The van der Waals surface area contributed by atoms with Crippen LogP contribution in [-0.4, -0.2) is 0 Å². The van der Waals surface area contributed by atoms with Crippen LogP contribution in [0, 0.1) is 29.9 Å². The van der Waals surface area contributed by atoms with Crippen molar-refractivity contribution in [3.63, 3.8) is 0 Å². The Bertz CT molecular complexity index is 655. The fourth-order valence-electron chi connectivity index (χ4n) is 1.66. The van der Waals surface area contributed by atoms with Crippen molar-refractivity contribution in [1.29, 1.82) is 5.26 Å². The van der Waals surface area contributed by atoms with Crippen LogP contribution in [0.25, 0.3) is 0 Å². The number of halogens is 3. The third kappa shape index (κ3) is 2.91. The van der Waals surface area contributed by atoms with E-state index in [4.69, 9.17) is 5.26 Å². The zero-order valence-corrected chi connectivity index (χ0v) is 11.6. The maximum absolute atomic E-state index is 13.7. The van der Waals surface area contributed by atoms with Crippen LogP contribution in [0.5, 0.6) is 0 Å². The van der Waals surface area contributed by atoms with Crippen LogP contribution in [0.4, 0.5) is 20.2 Å². The van der Waals surface area contributed by atoms with Crippen LogP contribution in [0.1, 0.15) is 11.1 Å². The molecule has 2 rings (SSSR count). The molecule has 5 heteroatoms. The van der Waals surface area contributed by atoms with Crippen molar-refractivity contribution in [2.45, 2.75) is 6.92 Å². The lowest BCUT2D eigenvalue weighted by molar-refractivity contribution is 0.584. The molecule has 2 nitrogen and oxygen atoms in total. The minimum Gasteiger partial charge on any atom is -0.351 e. The molecule has 0 atom stereocenters. The normalized spacial score (nSPS) is 10.1. The van der Waals surface area contributed by atoms with Crippen LogP contribution in [-0.2, 0) is 0 Å². The number of benzene rings is 2. The monoisotopic (exact) mass is 322 g/mol. The molecule has 0 aromatic heterocycles. The van der Waals surface area contributed by atoms with E-state index in [2.05, 4.69) is 21.2 Å². The van der Waals surface area contributed by atoms with Crippen molar-refractivity contribution in [2.24, 2.45) is 0 Å². The molecule has 19 heavy (non-hydrogen) atoms. The van der Waals surface area contributed by atoms with E-state index in [0.717, 1.165) is 17.7 Å². The molecule has 0 fully saturated rings. The fraction of sp³-hybridized carbons (Fsp3) is 0.0714. The molecule has 0 aliphatic carbocycles. The standard InChI is InChI=1S/C14H9BrF2N2/c1-8-2-3-9(7-18)13(4-8)19-14-11(15)5-10(16)6-12(14)17/h2-6,19H,1H3. The Hall–Kier alpha value is -1.93. The van der Waals surface area contributed by atoms with Gasteiger partial charge < -0.3 is 5.32 Å². The molecule has 0 heterocycles. The van der Waals surface area contributed by atoms with Crippen molar-refractivity contribution in [3.05, 3.63) is 57.6 Å². The van der Waals surface area contributed by atoms with Gasteiger partial charge in [-0.3, -0.25) is 0 Å². The highest BCUT2D eigenvalue weighted by Gasteiger charge is 2.11. The van der Waals surface area contributed by atoms with Crippen molar-refractivity contribution in [2.75, 3.05) is 5.32 Å². The Morgan fingerprint density at radius 1 is 1.21 bits per heavy atom. The van der Waals surface area contributed by atoms with Gasteiger partial charge in [0.05, 0.1) is 16.9 Å². The van der Waals surface area contributed by atoms with E-state index in [0.29, 0.717) is 11.3 Å². The summed E-state index contributed by atoms with van der Waals surface area (Å²) in [6, 6.07) is 9.13. The van der Waals surface area contributed by atoms with Gasteiger partial charge in [-0.15, -0.1) is 0 Å². The minimum atomic E-state index is -0.725. The zero-order chi connectivity index (χ0) is 14.0. The molecule has 0 saturated carbocycles. The number of nitriles is 1. The highest BCUT2D eigenvalue weighted by Crippen LogP contribution is 2.31. The second kappa shape index (κ2) is 5.37. The molecule has 2 aromatic carbocycles. The fourth-order valence-corrected chi connectivity index (χ4v) is 2.16. The Balaban J connectivity index is 2.48. The number of aryl methyl sites for hydroxylation is 1. The van der Waals surface area contributed by atoms with Crippen molar-refractivity contribution in [1.82, 2.24) is 0 Å². The molecule has 0 amide bonds. The molecule has 0 saturated heterocycles. The first kappa shape index (κ1) is 13.5. The summed E-state index contributed by atoms with van der Waals surface area (Å²) in [4.78, 5) is 0. The van der Waals surface area contributed by atoms with Crippen LogP contribution in [0.15, 0.2) is 34.8 Å². The lowest BCUT2D eigenvalue weighted by Gasteiger charge is -2.12. The highest BCUT2D eigenvalue weighted by atomic mass is 79.9. The van der Waals surface area contributed by atoms with E-state index >= 15 is 0 Å². The maximum Gasteiger partial charge on any atom is 0.150 e. The van der Waals surface area contributed by atoms with Gasteiger partial charge in [0.1, 0.15) is 11.9 Å². The number of anilines is 2. The van der Waals surface area contributed by atoms with Crippen molar-refractivity contribution >= 4 is 27.3 Å². The van der Waals surface area contributed by atoms with Crippen LogP contribution >= 0.6 is 15.9 Å². The van der Waals surface area contributed by atoms with Gasteiger partial charge in [0, 0.05) is 10.5 Å². The van der Waals surface area contributed by atoms with Gasteiger partial charge in [0.2, 0.25) is 0 Å². The first-order valence-electron chi connectivity index (χ1n) is 5.43. The molecule has 1 N–H and O–H groups in total. The van der Waals surface area contributed by atoms with Gasteiger partial charge in [0.15, 0.2) is 5.82 Å². The summed E-state index contributed by atoms with van der Waals surface area (Å²) in [5.41, 5.74) is 1.90. The first-order valence-corrected chi connectivity index (χ1v) is 6.23. The summed E-state index contributed by atoms with van der Waals surface area (Å²) in [6.45, 7) is 1.86. The first-order chi connectivity index (χ1) is 9.01. The number of rotatable bonds is 2. The third-order valence-corrected chi connectivity index (χ3v) is 3.19. The minimum absolute atomic E-state index is 0.100. The topological polar surface area (TPSA) is 35.8 Å². The Morgan fingerprint density at radius 2 is 1.95 bits per heavy atom. The average Bonchev–Trinajstić information content (AvgIpc) is 2.34. The summed E-state index contributed by atoms with van der Waals surface area (Å²) in [5.74, 6) is -1.39. The molecular weight excluding hydrogens is 314 g/mol. The summed E-state index contributed by atoms with van der Waals surface area (Å²) in [6.07, 6.45) is 0. The van der Waals surface area contributed by atoms with Crippen molar-refractivity contribution < 1.29 is 8.78 Å². The third-order valence-electron chi connectivity index (χ3n) is 2.56. The Labute approximate surface area is 117 Å². The van der Waals surface area contributed by atoms with Gasteiger partial charge in [-0.1, -0.05) is 6.07 Å². The average molecular weight is 323 g/mol. The SMILES string of the molecule is Cc1ccc(C#N)c(Nc2c(F)cc(F)cc2Br)c1. The number of hydrogen-bond donors (Lipinski definition) is 1. The molecule has 0 aliphatic heterocycles. The van der Waals surface area contributed by atoms with E-state index in [9.17, 15) is 8.78 Å². The molecular formula is C14H9BrF2N2. The molecule has 0 spiro atoms. The van der Waals surface area contributed by atoms with Gasteiger partial charge >= 0.3 is 0 Å². The molecule has 2 aromatic rings. The summed E-state index contributed by atoms with van der Waals surface area (Å²) in [5, 5.41) is 11.8. The van der Waals surface area contributed by atoms with Gasteiger partial charge in [-0.25, -0.2) is 8.78 Å². The second-order valence-corrected chi connectivity index (χ2v) is 4.88. The quantitative estimate of drug-likeness (QED) is 0.873. The van der Waals surface area contributed by atoms with E-state index in [-0.39, 0.29) is 10.2 Å². The van der Waals surface area contributed by atoms with Gasteiger partial charge in [-0.05, 0) is 46.6 Å². The molecule has 0 bridgehead atoms. The van der Waals surface area contributed by atoms with Crippen molar-refractivity contribution in [3.8, 4) is 6.07 Å². The zero-order valence-electron chi connectivity index (χ0n) is 9.97. The number of hydrogen-bond acceptors (Lipinski definition) is 2. The Kier molecular flexibility index (Phi) is 3.82. The lowest BCUT2D eigenvalue weighted by atomic mass is 10.1. The Morgan fingerprint density at radius 3 is 2.58 bits per heavy atom.